The van der Waals surface area contributed by atoms with Gasteiger partial charge < -0.3 is 24.3 Å². The van der Waals surface area contributed by atoms with Gasteiger partial charge in [-0.3, -0.25) is 4.79 Å². The van der Waals surface area contributed by atoms with E-state index in [-0.39, 0.29) is 6.61 Å². The van der Waals surface area contributed by atoms with Gasteiger partial charge in [-0.05, 0) is 47.9 Å². The van der Waals surface area contributed by atoms with Crippen LogP contribution in [0.3, 0.4) is 0 Å². The molecule has 2 aromatic rings. The summed E-state index contributed by atoms with van der Waals surface area (Å²) in [7, 11) is 1.53. The van der Waals surface area contributed by atoms with Gasteiger partial charge in [0, 0.05) is 11.8 Å². The summed E-state index contributed by atoms with van der Waals surface area (Å²) in [6.45, 7) is 2.59. The lowest BCUT2D eigenvalue weighted by atomic mass is 10.1. The molecule has 0 unspecified atom stereocenters. The molecule has 0 radical (unpaired) electrons. The summed E-state index contributed by atoms with van der Waals surface area (Å²) in [4.78, 5) is 23.9. The van der Waals surface area contributed by atoms with Gasteiger partial charge in [0.25, 0.3) is 5.91 Å². The fourth-order valence-electron chi connectivity index (χ4n) is 2.76. The molecule has 2 aromatic carbocycles. The van der Waals surface area contributed by atoms with Gasteiger partial charge in [0.15, 0.2) is 18.1 Å². The maximum Gasteiger partial charge on any atom is 0.331 e. The van der Waals surface area contributed by atoms with Crippen molar-refractivity contribution in [1.29, 1.82) is 0 Å². The molecule has 7 heteroatoms. The monoisotopic (exact) mass is 397 g/mol. The van der Waals surface area contributed by atoms with Crippen molar-refractivity contribution in [2.45, 2.75) is 13.3 Å². The maximum absolute atomic E-state index is 11.9. The smallest absolute Gasteiger partial charge is 0.331 e. The molecule has 1 amide bonds. The minimum Gasteiger partial charge on any atom is -0.493 e. The van der Waals surface area contributed by atoms with Crippen molar-refractivity contribution in [3.05, 3.63) is 53.6 Å². The Morgan fingerprint density at radius 1 is 1.14 bits per heavy atom. The zero-order chi connectivity index (χ0) is 20.6. The Kier molecular flexibility index (Phi) is 6.73. The van der Waals surface area contributed by atoms with Crippen LogP contribution >= 0.6 is 0 Å². The Hall–Kier alpha value is -3.48. The predicted molar refractivity (Wildman–Crippen MR) is 108 cm³/mol. The van der Waals surface area contributed by atoms with E-state index in [1.165, 1.54) is 18.7 Å². The average Bonchev–Trinajstić information content (AvgIpc) is 2.76. The molecule has 0 atom stereocenters. The number of hydrogen-bond acceptors (Lipinski definition) is 6. The number of benzene rings is 2. The van der Waals surface area contributed by atoms with Gasteiger partial charge in [-0.2, -0.15) is 0 Å². The second-order valence-corrected chi connectivity index (χ2v) is 6.29. The fraction of sp³-hybridized carbons (Fsp3) is 0.273. The van der Waals surface area contributed by atoms with Gasteiger partial charge in [-0.1, -0.05) is 19.1 Å². The number of anilines is 1. The lowest BCUT2D eigenvalue weighted by molar-refractivity contribution is -0.142. The lowest BCUT2D eigenvalue weighted by Crippen LogP contribution is -2.20. The van der Waals surface area contributed by atoms with Crippen LogP contribution in [0.5, 0.6) is 17.2 Å². The van der Waals surface area contributed by atoms with Crippen molar-refractivity contribution >= 4 is 23.6 Å². The molecule has 0 aromatic heterocycles. The molecular formula is C22H23NO6. The highest BCUT2D eigenvalue weighted by Gasteiger charge is 2.17. The number of fused-ring (bicyclic) bond motifs is 1. The molecule has 0 saturated heterocycles. The quantitative estimate of drug-likeness (QED) is 0.571. The first kappa shape index (κ1) is 20.3. The summed E-state index contributed by atoms with van der Waals surface area (Å²) in [5.74, 6) is 0.579. The number of amides is 1. The second kappa shape index (κ2) is 9.64. The van der Waals surface area contributed by atoms with Crippen molar-refractivity contribution in [2.75, 3.05) is 32.2 Å². The molecule has 0 fully saturated rings. The number of aryl methyl sites for hydroxylation is 1. The molecule has 1 aliphatic rings. The number of methoxy groups -OCH3 is 1. The van der Waals surface area contributed by atoms with Crippen LogP contribution in [0.25, 0.3) is 6.08 Å². The standard InChI is InChI=1S/C22H23NO6/c1-3-15-4-7-17(8-5-15)23-20(24)14-29-21(25)9-6-16-12-18(26-2)22-19(13-16)27-10-11-28-22/h4-9,12-13H,3,10-11,14H2,1-2H3,(H,23,24)/b9-6+. The highest BCUT2D eigenvalue weighted by Crippen LogP contribution is 2.40. The Morgan fingerprint density at radius 3 is 2.62 bits per heavy atom. The Labute approximate surface area is 169 Å². The lowest BCUT2D eigenvalue weighted by Gasteiger charge is -2.20. The first-order chi connectivity index (χ1) is 14.1. The molecule has 29 heavy (non-hydrogen) atoms. The summed E-state index contributed by atoms with van der Waals surface area (Å²) in [6.07, 6.45) is 3.73. The summed E-state index contributed by atoms with van der Waals surface area (Å²) < 4.78 is 21.4. The molecule has 0 spiro atoms. The maximum atomic E-state index is 11.9. The third kappa shape index (κ3) is 5.51. The molecule has 7 nitrogen and oxygen atoms in total. The second-order valence-electron chi connectivity index (χ2n) is 6.29. The highest BCUT2D eigenvalue weighted by atomic mass is 16.6. The molecule has 1 heterocycles. The van der Waals surface area contributed by atoms with E-state index < -0.39 is 11.9 Å². The van der Waals surface area contributed by atoms with Crippen LogP contribution in [0.15, 0.2) is 42.5 Å². The number of nitrogens with one attached hydrogen (secondary N) is 1. The number of carbonyl (C=O) groups excluding carboxylic acids is 2. The normalized spacial score (nSPS) is 12.5. The van der Waals surface area contributed by atoms with Crippen LogP contribution in [-0.4, -0.2) is 38.8 Å². The van der Waals surface area contributed by atoms with E-state index in [2.05, 4.69) is 12.2 Å². The molecule has 152 valence electrons. The first-order valence-corrected chi connectivity index (χ1v) is 9.30. The summed E-state index contributed by atoms with van der Waals surface area (Å²) in [5.41, 5.74) is 2.51. The van der Waals surface area contributed by atoms with E-state index in [0.717, 1.165) is 6.42 Å². The van der Waals surface area contributed by atoms with E-state index in [4.69, 9.17) is 18.9 Å². The number of hydrogen-bond donors (Lipinski definition) is 1. The average molecular weight is 397 g/mol. The van der Waals surface area contributed by atoms with Crippen molar-refractivity contribution in [3.63, 3.8) is 0 Å². The zero-order valence-electron chi connectivity index (χ0n) is 16.4. The van der Waals surface area contributed by atoms with Crippen molar-refractivity contribution in [3.8, 4) is 17.2 Å². The molecular weight excluding hydrogens is 374 g/mol. The number of rotatable bonds is 7. The number of ether oxygens (including phenoxy) is 4. The third-order valence-electron chi connectivity index (χ3n) is 4.25. The minimum atomic E-state index is -0.629. The van der Waals surface area contributed by atoms with E-state index in [0.29, 0.717) is 41.7 Å². The minimum absolute atomic E-state index is 0.372. The Bertz CT molecular complexity index is 887. The molecule has 0 bridgehead atoms. The van der Waals surface area contributed by atoms with E-state index in [9.17, 15) is 9.59 Å². The molecule has 0 aliphatic carbocycles. The third-order valence-corrected chi connectivity index (χ3v) is 4.25. The van der Waals surface area contributed by atoms with Gasteiger partial charge in [0.2, 0.25) is 5.75 Å². The summed E-state index contributed by atoms with van der Waals surface area (Å²) in [6, 6.07) is 11.0. The largest absolute Gasteiger partial charge is 0.493 e. The Balaban J connectivity index is 1.53. The SMILES string of the molecule is CCc1ccc(NC(=O)COC(=O)/C=C/c2cc(OC)c3c(c2)OCCO3)cc1. The molecule has 0 saturated carbocycles. The van der Waals surface area contributed by atoms with Crippen molar-refractivity contribution in [2.24, 2.45) is 0 Å². The topological polar surface area (TPSA) is 83.1 Å². The van der Waals surface area contributed by atoms with Gasteiger partial charge in [-0.25, -0.2) is 4.79 Å². The number of esters is 1. The predicted octanol–water partition coefficient (Wildman–Crippen LogP) is 3.22. The molecule has 1 N–H and O–H groups in total. The summed E-state index contributed by atoms with van der Waals surface area (Å²) >= 11 is 0. The van der Waals surface area contributed by atoms with Crippen LogP contribution in [0, 0.1) is 0 Å². The van der Waals surface area contributed by atoms with Crippen LogP contribution in [0.2, 0.25) is 0 Å². The molecule has 1 aliphatic heterocycles. The van der Waals surface area contributed by atoms with Crippen LogP contribution in [-0.2, 0) is 20.7 Å². The van der Waals surface area contributed by atoms with Crippen LogP contribution < -0.4 is 19.5 Å². The Morgan fingerprint density at radius 2 is 1.90 bits per heavy atom. The van der Waals surface area contributed by atoms with Gasteiger partial charge >= 0.3 is 5.97 Å². The zero-order valence-corrected chi connectivity index (χ0v) is 16.4. The first-order valence-electron chi connectivity index (χ1n) is 9.30. The van der Waals surface area contributed by atoms with Crippen LogP contribution in [0.4, 0.5) is 5.69 Å². The van der Waals surface area contributed by atoms with Crippen molar-refractivity contribution in [1.82, 2.24) is 0 Å². The van der Waals surface area contributed by atoms with Gasteiger partial charge in [0.1, 0.15) is 13.2 Å². The summed E-state index contributed by atoms with van der Waals surface area (Å²) in [5, 5.41) is 2.68. The van der Waals surface area contributed by atoms with Gasteiger partial charge in [-0.15, -0.1) is 0 Å². The highest BCUT2D eigenvalue weighted by molar-refractivity contribution is 5.94. The van der Waals surface area contributed by atoms with E-state index >= 15 is 0 Å². The number of carbonyl (C=O) groups is 2. The van der Waals surface area contributed by atoms with Crippen molar-refractivity contribution < 1.29 is 28.5 Å². The fourth-order valence-corrected chi connectivity index (χ4v) is 2.76. The van der Waals surface area contributed by atoms with E-state index in [1.54, 1.807) is 18.2 Å². The van der Waals surface area contributed by atoms with Crippen LogP contribution in [0.1, 0.15) is 18.1 Å². The molecule has 3 rings (SSSR count). The van der Waals surface area contributed by atoms with Gasteiger partial charge in [0.05, 0.1) is 7.11 Å². The van der Waals surface area contributed by atoms with E-state index in [1.807, 2.05) is 24.3 Å².